The van der Waals surface area contributed by atoms with E-state index < -0.39 is 11.6 Å². The molecule has 1 heterocycles. The molecule has 6 nitrogen and oxygen atoms in total. The van der Waals surface area contributed by atoms with Gasteiger partial charge in [0.1, 0.15) is 0 Å². The van der Waals surface area contributed by atoms with Crippen LogP contribution in [0.3, 0.4) is 0 Å². The van der Waals surface area contributed by atoms with Gasteiger partial charge in [0.2, 0.25) is 0 Å². The number of nitrogens with one attached hydrogen (secondary N) is 2. The van der Waals surface area contributed by atoms with Crippen LogP contribution < -0.4 is 15.5 Å². The molecule has 0 aliphatic carbocycles. The molecular weight excluding hydrogens is 378 g/mol. The van der Waals surface area contributed by atoms with Crippen molar-refractivity contribution in [3.63, 3.8) is 0 Å². The van der Waals surface area contributed by atoms with Crippen molar-refractivity contribution in [2.75, 3.05) is 64.6 Å². The summed E-state index contributed by atoms with van der Waals surface area (Å²) >= 11 is 0. The highest BCUT2D eigenvalue weighted by Crippen LogP contribution is 2.24. The summed E-state index contributed by atoms with van der Waals surface area (Å²) in [6.45, 7) is 7.82. The molecule has 164 valence electrons. The molecule has 1 aromatic carbocycles. The lowest BCUT2D eigenvalue weighted by Gasteiger charge is -2.19. The predicted molar refractivity (Wildman–Crippen MR) is 113 cm³/mol. The molecule has 2 rings (SSSR count). The number of benzene rings is 1. The summed E-state index contributed by atoms with van der Waals surface area (Å²) in [4.78, 5) is 6.31. The van der Waals surface area contributed by atoms with Gasteiger partial charge in [0.15, 0.2) is 17.6 Å². The lowest BCUT2D eigenvalue weighted by molar-refractivity contribution is 0.0487. The van der Waals surface area contributed by atoms with Crippen LogP contribution in [0, 0.1) is 17.6 Å². The second kappa shape index (κ2) is 13.3. The molecule has 0 aromatic heterocycles. The van der Waals surface area contributed by atoms with Gasteiger partial charge in [0.25, 0.3) is 0 Å². The van der Waals surface area contributed by atoms with Crippen molar-refractivity contribution in [3.05, 3.63) is 29.8 Å². The maximum Gasteiger partial charge on any atom is 0.191 e. The minimum absolute atomic E-state index is 0.415. The normalized spacial score (nSPS) is 17.0. The highest BCUT2D eigenvalue weighted by molar-refractivity contribution is 5.79. The van der Waals surface area contributed by atoms with Gasteiger partial charge in [-0.15, -0.1) is 0 Å². The molecule has 2 N–H and O–H groups in total. The van der Waals surface area contributed by atoms with Gasteiger partial charge in [0.05, 0.1) is 19.8 Å². The summed E-state index contributed by atoms with van der Waals surface area (Å²) in [7, 11) is 1.74. The Morgan fingerprint density at radius 2 is 1.93 bits per heavy atom. The Labute approximate surface area is 172 Å². The number of anilines is 1. The van der Waals surface area contributed by atoms with Crippen LogP contribution in [-0.2, 0) is 9.47 Å². The number of aliphatic imine (C=N–C) groups is 1. The van der Waals surface area contributed by atoms with E-state index in [0.717, 1.165) is 57.2 Å². The Morgan fingerprint density at radius 1 is 1.14 bits per heavy atom. The third kappa shape index (κ3) is 8.53. The van der Waals surface area contributed by atoms with E-state index >= 15 is 0 Å². The molecule has 1 aromatic rings. The Balaban J connectivity index is 1.58. The number of halogens is 2. The number of ether oxygens (including phenoxy) is 2. The molecular formula is C21H34F2N4O2. The topological polar surface area (TPSA) is 58.1 Å². The van der Waals surface area contributed by atoms with Gasteiger partial charge in [0, 0.05) is 51.6 Å². The fraction of sp³-hybridized carbons (Fsp3) is 0.667. The number of unbranched alkanes of at least 4 members (excludes halogenated alkanes) is 1. The van der Waals surface area contributed by atoms with Crippen LogP contribution >= 0.6 is 0 Å². The van der Waals surface area contributed by atoms with E-state index in [2.05, 4.69) is 27.4 Å². The van der Waals surface area contributed by atoms with E-state index in [9.17, 15) is 8.78 Å². The highest BCUT2D eigenvalue weighted by atomic mass is 19.2. The lowest BCUT2D eigenvalue weighted by atomic mass is 10.1. The van der Waals surface area contributed by atoms with Crippen molar-refractivity contribution in [1.82, 2.24) is 10.6 Å². The molecule has 1 aliphatic heterocycles. The van der Waals surface area contributed by atoms with Gasteiger partial charge >= 0.3 is 0 Å². The maximum absolute atomic E-state index is 13.4. The molecule has 29 heavy (non-hydrogen) atoms. The molecule has 8 heteroatoms. The molecule has 0 radical (unpaired) electrons. The molecule has 1 saturated heterocycles. The molecule has 1 fully saturated rings. The first-order valence-electron chi connectivity index (χ1n) is 10.4. The summed E-state index contributed by atoms with van der Waals surface area (Å²) < 4.78 is 37.5. The Morgan fingerprint density at radius 3 is 2.66 bits per heavy atom. The first-order chi connectivity index (χ1) is 14.1. The number of rotatable bonds is 12. The van der Waals surface area contributed by atoms with Gasteiger partial charge in [-0.2, -0.15) is 0 Å². The Kier molecular flexibility index (Phi) is 10.7. The standard InChI is InChI=1S/C21H34F2N4O2/c1-3-4-10-28-12-13-29-11-8-25-21(24-2)26-15-17-7-9-27(16-17)18-5-6-19(22)20(23)14-18/h5-6,14,17H,3-4,7-13,15-16H2,1-2H3,(H2,24,25,26). The third-order valence-electron chi connectivity index (χ3n) is 4.89. The molecule has 1 unspecified atom stereocenters. The van der Waals surface area contributed by atoms with Crippen molar-refractivity contribution in [2.45, 2.75) is 26.2 Å². The van der Waals surface area contributed by atoms with Crippen LogP contribution in [-0.4, -0.2) is 65.6 Å². The van der Waals surface area contributed by atoms with Crippen molar-refractivity contribution in [2.24, 2.45) is 10.9 Å². The zero-order valence-electron chi connectivity index (χ0n) is 17.6. The minimum Gasteiger partial charge on any atom is -0.379 e. The zero-order chi connectivity index (χ0) is 20.9. The maximum atomic E-state index is 13.4. The molecule has 0 saturated carbocycles. The van der Waals surface area contributed by atoms with Gasteiger partial charge in [-0.1, -0.05) is 13.3 Å². The number of nitrogens with zero attached hydrogens (tertiary/aromatic N) is 2. The lowest BCUT2D eigenvalue weighted by Crippen LogP contribution is -2.41. The van der Waals surface area contributed by atoms with Crippen molar-refractivity contribution in [3.8, 4) is 0 Å². The zero-order valence-corrected chi connectivity index (χ0v) is 17.6. The van der Waals surface area contributed by atoms with Gasteiger partial charge in [-0.3, -0.25) is 4.99 Å². The minimum atomic E-state index is -0.811. The number of hydrogen-bond donors (Lipinski definition) is 2. The SMILES string of the molecule is CCCCOCCOCCNC(=NC)NCC1CCN(c2ccc(F)c(F)c2)C1. The van der Waals surface area contributed by atoms with E-state index in [-0.39, 0.29) is 0 Å². The molecule has 0 spiro atoms. The quantitative estimate of drug-likeness (QED) is 0.314. The van der Waals surface area contributed by atoms with Crippen LogP contribution in [0.5, 0.6) is 0 Å². The van der Waals surface area contributed by atoms with Crippen molar-refractivity contribution < 1.29 is 18.3 Å². The fourth-order valence-corrected chi connectivity index (χ4v) is 3.19. The first-order valence-corrected chi connectivity index (χ1v) is 10.4. The second-order valence-corrected chi connectivity index (χ2v) is 7.16. The van der Waals surface area contributed by atoms with Crippen molar-refractivity contribution in [1.29, 1.82) is 0 Å². The average molecular weight is 413 g/mol. The van der Waals surface area contributed by atoms with Crippen LogP contribution in [0.2, 0.25) is 0 Å². The van der Waals surface area contributed by atoms with E-state index in [0.29, 0.717) is 32.3 Å². The first kappa shape index (κ1) is 23.3. The van der Waals surface area contributed by atoms with Crippen LogP contribution in [0.1, 0.15) is 26.2 Å². The fourth-order valence-electron chi connectivity index (χ4n) is 3.19. The van der Waals surface area contributed by atoms with Crippen molar-refractivity contribution >= 4 is 11.6 Å². The number of hydrogen-bond acceptors (Lipinski definition) is 4. The molecule has 0 amide bonds. The smallest absolute Gasteiger partial charge is 0.191 e. The molecule has 1 atom stereocenters. The summed E-state index contributed by atoms with van der Waals surface area (Å²) in [6.07, 6.45) is 3.22. The molecule has 0 bridgehead atoms. The Bertz CT molecular complexity index is 631. The van der Waals surface area contributed by atoms with Crippen LogP contribution in [0.25, 0.3) is 0 Å². The van der Waals surface area contributed by atoms with E-state index in [4.69, 9.17) is 9.47 Å². The van der Waals surface area contributed by atoms with E-state index in [1.165, 1.54) is 12.1 Å². The third-order valence-corrected chi connectivity index (χ3v) is 4.89. The summed E-state index contributed by atoms with van der Waals surface area (Å²) in [5.41, 5.74) is 0.727. The Hall–Kier alpha value is -1.93. The monoisotopic (exact) mass is 412 g/mol. The average Bonchev–Trinajstić information content (AvgIpc) is 3.20. The van der Waals surface area contributed by atoms with E-state index in [1.807, 2.05) is 0 Å². The van der Waals surface area contributed by atoms with E-state index in [1.54, 1.807) is 13.1 Å². The summed E-state index contributed by atoms with van der Waals surface area (Å²) in [5.74, 6) is -0.463. The van der Waals surface area contributed by atoms with Crippen LogP contribution in [0.4, 0.5) is 14.5 Å². The largest absolute Gasteiger partial charge is 0.379 e. The molecule has 1 aliphatic rings. The van der Waals surface area contributed by atoms with Gasteiger partial charge in [-0.25, -0.2) is 8.78 Å². The summed E-state index contributed by atoms with van der Waals surface area (Å²) in [6, 6.07) is 4.07. The number of guanidine groups is 1. The summed E-state index contributed by atoms with van der Waals surface area (Å²) in [5, 5.41) is 6.56. The van der Waals surface area contributed by atoms with Gasteiger partial charge in [-0.05, 0) is 30.9 Å². The predicted octanol–water partition coefficient (Wildman–Crippen LogP) is 2.79. The van der Waals surface area contributed by atoms with Gasteiger partial charge < -0.3 is 25.0 Å². The second-order valence-electron chi connectivity index (χ2n) is 7.16. The highest BCUT2D eigenvalue weighted by Gasteiger charge is 2.23. The van der Waals surface area contributed by atoms with Crippen LogP contribution in [0.15, 0.2) is 23.2 Å².